The van der Waals surface area contributed by atoms with Crippen LogP contribution in [0.25, 0.3) is 22.4 Å². The number of nitrogens with one attached hydrogen (secondary N) is 1. The monoisotopic (exact) mass is 438 g/mol. The normalized spacial score (nSPS) is 15.1. The molecular formula is C23H30N6O3. The fraction of sp³-hybridized carbons (Fsp3) is 0.478. The van der Waals surface area contributed by atoms with Gasteiger partial charge in [0.25, 0.3) is 0 Å². The van der Waals surface area contributed by atoms with Gasteiger partial charge in [0.1, 0.15) is 22.6 Å². The molecule has 0 bridgehead atoms. The molecule has 0 atom stereocenters. The fourth-order valence-electron chi connectivity index (χ4n) is 3.78. The van der Waals surface area contributed by atoms with Crippen LogP contribution in [0.4, 0.5) is 10.7 Å². The van der Waals surface area contributed by atoms with E-state index >= 15 is 0 Å². The summed E-state index contributed by atoms with van der Waals surface area (Å²) in [5.74, 6) is 1.46. The zero-order valence-electron chi connectivity index (χ0n) is 19.3. The molecule has 3 heterocycles. The number of anilines is 1. The molecule has 0 aliphatic carbocycles. The minimum absolute atomic E-state index is 0.0718. The van der Waals surface area contributed by atoms with Gasteiger partial charge >= 0.3 is 6.09 Å². The van der Waals surface area contributed by atoms with E-state index in [0.717, 1.165) is 54.1 Å². The van der Waals surface area contributed by atoms with Crippen molar-refractivity contribution >= 4 is 23.2 Å². The van der Waals surface area contributed by atoms with E-state index in [2.05, 4.69) is 15.2 Å². The topological polar surface area (TPSA) is 94.4 Å². The number of benzene rings is 1. The number of amides is 1. The Bertz CT molecular complexity index is 1100. The summed E-state index contributed by atoms with van der Waals surface area (Å²) in [6.07, 6.45) is 2.98. The van der Waals surface area contributed by atoms with E-state index in [1.54, 1.807) is 13.4 Å². The van der Waals surface area contributed by atoms with Gasteiger partial charge in [-0.2, -0.15) is 4.98 Å². The Morgan fingerprint density at radius 3 is 2.44 bits per heavy atom. The smallest absolute Gasteiger partial charge is 0.407 e. The number of ether oxygens (including phenoxy) is 2. The third-order valence-electron chi connectivity index (χ3n) is 5.41. The highest BCUT2D eigenvalue weighted by atomic mass is 16.6. The number of aromatic nitrogens is 4. The van der Waals surface area contributed by atoms with Gasteiger partial charge in [0.15, 0.2) is 5.65 Å². The van der Waals surface area contributed by atoms with Gasteiger partial charge in [-0.1, -0.05) is 0 Å². The lowest BCUT2D eigenvalue weighted by Crippen LogP contribution is -2.46. The van der Waals surface area contributed by atoms with Gasteiger partial charge in [0.2, 0.25) is 5.95 Å². The van der Waals surface area contributed by atoms with Crippen LogP contribution < -0.4 is 15.0 Å². The molecule has 1 fully saturated rings. The lowest BCUT2D eigenvalue weighted by atomic mass is 10.1. The van der Waals surface area contributed by atoms with E-state index in [1.807, 2.05) is 56.7 Å². The second kappa shape index (κ2) is 8.64. The molecule has 0 unspecified atom stereocenters. The van der Waals surface area contributed by atoms with Gasteiger partial charge in [-0.3, -0.25) is 0 Å². The van der Waals surface area contributed by atoms with E-state index in [-0.39, 0.29) is 12.1 Å². The summed E-state index contributed by atoms with van der Waals surface area (Å²) in [5.41, 5.74) is 2.80. The average molecular weight is 439 g/mol. The lowest BCUT2D eigenvalue weighted by molar-refractivity contribution is 0.0497. The van der Waals surface area contributed by atoms with Crippen LogP contribution in [0.3, 0.4) is 0 Å². The maximum atomic E-state index is 12.1. The first-order chi connectivity index (χ1) is 15.2. The molecule has 3 aromatic rings. The van der Waals surface area contributed by atoms with Crippen molar-refractivity contribution in [1.29, 1.82) is 0 Å². The predicted molar refractivity (Wildman–Crippen MR) is 123 cm³/mol. The molecule has 32 heavy (non-hydrogen) atoms. The molecule has 2 aromatic heterocycles. The number of hydrogen-bond acceptors (Lipinski definition) is 7. The van der Waals surface area contributed by atoms with Crippen LogP contribution in [-0.4, -0.2) is 57.5 Å². The van der Waals surface area contributed by atoms with Crippen LogP contribution >= 0.6 is 0 Å². The first-order valence-corrected chi connectivity index (χ1v) is 10.8. The second-order valence-electron chi connectivity index (χ2n) is 9.04. The summed E-state index contributed by atoms with van der Waals surface area (Å²) in [6.45, 7) is 7.07. The number of hydrogen-bond donors (Lipinski definition) is 1. The van der Waals surface area contributed by atoms with Crippen LogP contribution in [0.5, 0.6) is 5.75 Å². The maximum absolute atomic E-state index is 12.1. The quantitative estimate of drug-likeness (QED) is 0.666. The number of methoxy groups -OCH3 is 1. The third-order valence-corrected chi connectivity index (χ3v) is 5.41. The number of aryl methyl sites for hydroxylation is 1. The number of imidazole rings is 1. The number of alkyl carbamates (subject to hydrolysis) is 1. The molecule has 4 rings (SSSR count). The minimum Gasteiger partial charge on any atom is -0.497 e. The largest absolute Gasteiger partial charge is 0.497 e. The highest BCUT2D eigenvalue weighted by Gasteiger charge is 2.26. The van der Waals surface area contributed by atoms with Crippen molar-refractivity contribution in [1.82, 2.24) is 24.8 Å². The molecular weight excluding hydrogens is 408 g/mol. The predicted octanol–water partition coefficient (Wildman–Crippen LogP) is 3.53. The van der Waals surface area contributed by atoms with Crippen molar-refractivity contribution in [3.05, 3.63) is 30.6 Å². The van der Waals surface area contributed by atoms with E-state index in [9.17, 15) is 4.79 Å². The van der Waals surface area contributed by atoms with Crippen molar-refractivity contribution < 1.29 is 14.3 Å². The van der Waals surface area contributed by atoms with Crippen molar-refractivity contribution in [3.8, 4) is 17.0 Å². The first-order valence-electron chi connectivity index (χ1n) is 10.8. The van der Waals surface area contributed by atoms with Crippen LogP contribution in [0, 0.1) is 0 Å². The fourth-order valence-corrected chi connectivity index (χ4v) is 3.78. The molecule has 1 aromatic carbocycles. The Kier molecular flexibility index (Phi) is 5.90. The molecule has 9 heteroatoms. The van der Waals surface area contributed by atoms with Gasteiger partial charge in [-0.25, -0.2) is 14.8 Å². The molecule has 1 saturated heterocycles. The Balaban J connectivity index is 1.54. The first kappa shape index (κ1) is 21.9. The molecule has 0 saturated carbocycles. The Morgan fingerprint density at radius 1 is 1.12 bits per heavy atom. The van der Waals surface area contributed by atoms with E-state index < -0.39 is 5.60 Å². The molecule has 170 valence electrons. The maximum Gasteiger partial charge on any atom is 0.407 e. The molecule has 1 aliphatic rings. The van der Waals surface area contributed by atoms with Crippen LogP contribution in [0.2, 0.25) is 0 Å². The summed E-state index contributed by atoms with van der Waals surface area (Å²) < 4.78 is 12.6. The van der Waals surface area contributed by atoms with Crippen LogP contribution in [-0.2, 0) is 11.8 Å². The van der Waals surface area contributed by atoms with Crippen molar-refractivity contribution in [2.45, 2.75) is 45.3 Å². The third kappa shape index (κ3) is 4.76. The van der Waals surface area contributed by atoms with Gasteiger partial charge < -0.3 is 24.3 Å². The average Bonchev–Trinajstić information content (AvgIpc) is 3.13. The van der Waals surface area contributed by atoms with Crippen LogP contribution in [0.1, 0.15) is 33.6 Å². The highest BCUT2D eigenvalue weighted by molar-refractivity contribution is 5.88. The van der Waals surface area contributed by atoms with Gasteiger partial charge in [-0.15, -0.1) is 0 Å². The molecule has 1 amide bonds. The van der Waals surface area contributed by atoms with E-state index in [1.165, 1.54) is 0 Å². The SMILES string of the molecule is COc1ccc(-c2nc(N3CCC(NC(=O)OC(C)(C)C)CC3)nc3c2ncn3C)cc1. The molecule has 0 spiro atoms. The van der Waals surface area contributed by atoms with Crippen molar-refractivity contribution in [3.63, 3.8) is 0 Å². The Hall–Kier alpha value is -3.36. The number of fused-ring (bicyclic) bond motifs is 1. The van der Waals surface area contributed by atoms with E-state index in [0.29, 0.717) is 5.95 Å². The standard InChI is InChI=1S/C23H30N6O3/c1-23(2,3)32-22(30)25-16-10-12-29(13-11-16)21-26-18(15-6-8-17(31-5)9-7-15)19-20(27-21)28(4)14-24-19/h6-9,14,16H,10-13H2,1-5H3,(H,25,30). The lowest BCUT2D eigenvalue weighted by Gasteiger charge is -2.33. The van der Waals surface area contributed by atoms with Gasteiger partial charge in [0, 0.05) is 31.7 Å². The second-order valence-corrected chi connectivity index (χ2v) is 9.04. The number of rotatable bonds is 4. The highest BCUT2D eigenvalue weighted by Crippen LogP contribution is 2.29. The number of nitrogens with zero attached hydrogens (tertiary/aromatic N) is 5. The molecule has 1 N–H and O–H groups in total. The summed E-state index contributed by atoms with van der Waals surface area (Å²) in [6, 6.07) is 7.87. The number of piperidine rings is 1. The summed E-state index contributed by atoms with van der Waals surface area (Å²) in [4.78, 5) is 28.4. The number of carbonyl (C=O) groups is 1. The Morgan fingerprint density at radius 2 is 1.81 bits per heavy atom. The van der Waals surface area contributed by atoms with Gasteiger partial charge in [-0.05, 0) is 57.9 Å². The Labute approximate surface area is 187 Å². The van der Waals surface area contributed by atoms with Crippen molar-refractivity contribution in [2.75, 3.05) is 25.1 Å². The number of carbonyl (C=O) groups excluding carboxylic acids is 1. The van der Waals surface area contributed by atoms with E-state index in [4.69, 9.17) is 19.4 Å². The van der Waals surface area contributed by atoms with Crippen molar-refractivity contribution in [2.24, 2.45) is 7.05 Å². The zero-order valence-corrected chi connectivity index (χ0v) is 19.3. The summed E-state index contributed by atoms with van der Waals surface area (Å²) >= 11 is 0. The zero-order chi connectivity index (χ0) is 22.9. The van der Waals surface area contributed by atoms with Crippen LogP contribution in [0.15, 0.2) is 30.6 Å². The molecule has 1 aliphatic heterocycles. The molecule has 9 nitrogen and oxygen atoms in total. The summed E-state index contributed by atoms with van der Waals surface area (Å²) in [5, 5.41) is 2.98. The summed E-state index contributed by atoms with van der Waals surface area (Å²) in [7, 11) is 3.58. The minimum atomic E-state index is -0.505. The molecule has 0 radical (unpaired) electrons. The van der Waals surface area contributed by atoms with Gasteiger partial charge in [0.05, 0.1) is 13.4 Å².